The van der Waals surface area contributed by atoms with Crippen LogP contribution in [0.1, 0.15) is 19.4 Å². The normalized spacial score (nSPS) is 24.4. The van der Waals surface area contributed by atoms with E-state index in [1.54, 1.807) is 0 Å². The first-order chi connectivity index (χ1) is 11.0. The van der Waals surface area contributed by atoms with E-state index in [1.807, 2.05) is 50.4 Å². The average molecular weight is 340 g/mol. The summed E-state index contributed by atoms with van der Waals surface area (Å²) < 4.78 is 11.3. The molecule has 0 unspecified atom stereocenters. The Morgan fingerprint density at radius 3 is 2.83 bits per heavy atom. The fourth-order valence-electron chi connectivity index (χ4n) is 2.18. The molecular weight excluding hydrogens is 316 g/mol. The Bertz CT molecular complexity index is 510. The van der Waals surface area contributed by atoms with Gasteiger partial charge >= 0.3 is 0 Å². The molecule has 128 valence electrons. The first kappa shape index (κ1) is 18.2. The fraction of sp³-hybridized carbons (Fsp3) is 0.562. The van der Waals surface area contributed by atoms with Gasteiger partial charge in [0.15, 0.2) is 11.0 Å². The molecule has 0 aliphatic carbocycles. The predicted octanol–water partition coefficient (Wildman–Crippen LogP) is 1.94. The van der Waals surface area contributed by atoms with Gasteiger partial charge in [0.2, 0.25) is 0 Å². The Hall–Kier alpha value is -1.12. The Kier molecular flexibility index (Phi) is 6.86. The maximum Gasteiger partial charge on any atom is 0.180 e. The smallest absolute Gasteiger partial charge is 0.180 e. The monoisotopic (exact) mass is 340 g/mol. The van der Waals surface area contributed by atoms with Crippen LogP contribution in [0.2, 0.25) is 0 Å². The van der Waals surface area contributed by atoms with Gasteiger partial charge in [-0.05, 0) is 25.7 Å². The van der Waals surface area contributed by atoms with Crippen LogP contribution in [0.5, 0.6) is 0 Å². The molecule has 1 saturated heterocycles. The molecule has 7 heteroatoms. The maximum absolute atomic E-state index is 9.50. The number of hydrogen-bond acceptors (Lipinski definition) is 6. The van der Waals surface area contributed by atoms with E-state index in [0.29, 0.717) is 18.4 Å². The highest BCUT2D eigenvalue weighted by Gasteiger charge is 2.36. The summed E-state index contributed by atoms with van der Waals surface area (Å²) in [6, 6.07) is 9.60. The van der Waals surface area contributed by atoms with E-state index in [9.17, 15) is 5.11 Å². The lowest BCUT2D eigenvalue weighted by Crippen LogP contribution is -2.50. The third-order valence-corrected chi connectivity index (χ3v) is 3.94. The molecule has 1 aliphatic heterocycles. The summed E-state index contributed by atoms with van der Waals surface area (Å²) in [6.07, 6.45) is 1.51. The fourth-order valence-corrected chi connectivity index (χ4v) is 2.56. The van der Waals surface area contributed by atoms with Crippen LogP contribution in [0, 0.1) is 0 Å². The molecule has 0 bridgehead atoms. The lowest BCUT2D eigenvalue weighted by Gasteiger charge is -2.38. The first-order valence-corrected chi connectivity index (χ1v) is 8.72. The summed E-state index contributed by atoms with van der Waals surface area (Å²) in [6.45, 7) is 4.38. The first-order valence-electron chi connectivity index (χ1n) is 7.50. The molecule has 0 amide bonds. The number of aliphatic hydroxyl groups excluding tert-OH is 1. The van der Waals surface area contributed by atoms with Crippen LogP contribution in [0.25, 0.3) is 0 Å². The topological polar surface area (TPSA) is 72.3 Å². The van der Waals surface area contributed by atoms with Crippen molar-refractivity contribution < 1.29 is 19.4 Å². The van der Waals surface area contributed by atoms with Gasteiger partial charge in [-0.25, -0.2) is 5.48 Å². The van der Waals surface area contributed by atoms with Crippen LogP contribution in [0.4, 0.5) is 0 Å². The van der Waals surface area contributed by atoms with E-state index in [-0.39, 0.29) is 12.6 Å². The van der Waals surface area contributed by atoms with Crippen molar-refractivity contribution in [3.63, 3.8) is 0 Å². The van der Waals surface area contributed by atoms with Crippen LogP contribution in [0.15, 0.2) is 35.3 Å². The van der Waals surface area contributed by atoms with Crippen molar-refractivity contribution in [3.8, 4) is 0 Å². The highest BCUT2D eigenvalue weighted by atomic mass is 32.2. The molecule has 1 heterocycles. The number of amidine groups is 1. The van der Waals surface area contributed by atoms with Gasteiger partial charge in [0.05, 0.1) is 19.8 Å². The number of ether oxygens (including phenoxy) is 2. The van der Waals surface area contributed by atoms with Crippen molar-refractivity contribution in [2.45, 2.75) is 38.4 Å². The minimum atomic E-state index is -0.698. The van der Waals surface area contributed by atoms with Gasteiger partial charge in [-0.15, -0.1) is 0 Å². The van der Waals surface area contributed by atoms with Crippen LogP contribution in [0.3, 0.4) is 0 Å². The standard InChI is InChI=1S/C16H24N2O4S/c1-16(2)20-11-13(14(9-19)22-16)17-15(23-3)18-21-10-12-7-5-4-6-8-12/h4-8,13-14,19H,9-11H2,1-3H3,(H,17,18)/t13-,14+/m1/s1. The van der Waals surface area contributed by atoms with E-state index < -0.39 is 11.9 Å². The summed E-state index contributed by atoms with van der Waals surface area (Å²) in [7, 11) is 0. The number of rotatable bonds is 5. The van der Waals surface area contributed by atoms with E-state index in [2.05, 4.69) is 10.5 Å². The molecule has 0 radical (unpaired) electrons. The van der Waals surface area contributed by atoms with Gasteiger partial charge in [0.25, 0.3) is 0 Å². The molecule has 1 aromatic carbocycles. The van der Waals surface area contributed by atoms with E-state index in [1.165, 1.54) is 11.8 Å². The maximum atomic E-state index is 9.50. The number of benzene rings is 1. The van der Waals surface area contributed by atoms with Gasteiger partial charge in [-0.2, -0.15) is 0 Å². The largest absolute Gasteiger partial charge is 0.394 e. The van der Waals surface area contributed by atoms with Crippen LogP contribution in [-0.4, -0.2) is 47.7 Å². The highest BCUT2D eigenvalue weighted by Crippen LogP contribution is 2.24. The summed E-state index contributed by atoms with van der Waals surface area (Å²) in [4.78, 5) is 10.0. The lowest BCUT2D eigenvalue weighted by atomic mass is 10.1. The van der Waals surface area contributed by atoms with Gasteiger partial charge in [0, 0.05) is 0 Å². The third-order valence-electron chi connectivity index (χ3n) is 3.36. The van der Waals surface area contributed by atoms with Gasteiger partial charge < -0.3 is 14.6 Å². The summed E-state index contributed by atoms with van der Waals surface area (Å²) in [5.41, 5.74) is 3.92. The molecule has 6 nitrogen and oxygen atoms in total. The van der Waals surface area contributed by atoms with Crippen molar-refractivity contribution in [1.29, 1.82) is 0 Å². The molecule has 2 atom stereocenters. The van der Waals surface area contributed by atoms with Crippen molar-refractivity contribution >= 4 is 16.9 Å². The quantitative estimate of drug-likeness (QED) is 0.485. The molecule has 2 N–H and O–H groups in total. The van der Waals surface area contributed by atoms with E-state index >= 15 is 0 Å². The second-order valence-electron chi connectivity index (χ2n) is 5.63. The number of nitrogens with zero attached hydrogens (tertiary/aromatic N) is 1. The lowest BCUT2D eigenvalue weighted by molar-refractivity contribution is -0.283. The predicted molar refractivity (Wildman–Crippen MR) is 91.1 cm³/mol. The molecule has 1 aliphatic rings. The van der Waals surface area contributed by atoms with Gasteiger partial charge in [0.1, 0.15) is 12.1 Å². The Labute approximate surface area is 141 Å². The zero-order chi connectivity index (χ0) is 16.7. The number of hydroxylamine groups is 1. The van der Waals surface area contributed by atoms with E-state index in [4.69, 9.17) is 14.3 Å². The number of aliphatic hydroxyl groups is 1. The number of hydrogen-bond donors (Lipinski definition) is 2. The van der Waals surface area contributed by atoms with Gasteiger partial charge in [-0.1, -0.05) is 42.1 Å². The molecule has 0 aromatic heterocycles. The average Bonchev–Trinajstić information content (AvgIpc) is 2.55. The minimum absolute atomic E-state index is 0.104. The number of thioether (sulfide) groups is 1. The second-order valence-corrected chi connectivity index (χ2v) is 6.43. The molecule has 23 heavy (non-hydrogen) atoms. The summed E-state index contributed by atoms with van der Waals surface area (Å²) in [5, 5.41) is 10.1. The summed E-state index contributed by atoms with van der Waals surface area (Å²) in [5.74, 6) is -0.698. The number of nitrogens with one attached hydrogen (secondary N) is 1. The minimum Gasteiger partial charge on any atom is -0.394 e. The Morgan fingerprint density at radius 1 is 1.43 bits per heavy atom. The molecule has 1 aromatic rings. The molecule has 2 rings (SSSR count). The molecular formula is C16H24N2O4S. The number of aliphatic imine (C=N–C) groups is 1. The Balaban J connectivity index is 1.90. The van der Waals surface area contributed by atoms with Crippen LogP contribution >= 0.6 is 11.8 Å². The van der Waals surface area contributed by atoms with Crippen LogP contribution < -0.4 is 5.48 Å². The highest BCUT2D eigenvalue weighted by molar-refractivity contribution is 8.13. The Morgan fingerprint density at radius 2 is 2.17 bits per heavy atom. The van der Waals surface area contributed by atoms with Crippen molar-refractivity contribution in [2.24, 2.45) is 4.99 Å². The van der Waals surface area contributed by atoms with Gasteiger partial charge in [-0.3, -0.25) is 9.83 Å². The molecule has 0 spiro atoms. The van der Waals surface area contributed by atoms with Crippen molar-refractivity contribution in [3.05, 3.63) is 35.9 Å². The van der Waals surface area contributed by atoms with Crippen molar-refractivity contribution in [2.75, 3.05) is 19.5 Å². The second kappa shape index (κ2) is 8.65. The van der Waals surface area contributed by atoms with Crippen LogP contribution in [-0.2, 0) is 20.9 Å². The SMILES string of the molecule is CSC(=N[C@@H]1COC(C)(C)O[C@H]1CO)NOCc1ccccc1. The van der Waals surface area contributed by atoms with Crippen molar-refractivity contribution in [1.82, 2.24) is 5.48 Å². The molecule has 0 saturated carbocycles. The zero-order valence-electron chi connectivity index (χ0n) is 13.7. The molecule has 1 fully saturated rings. The third kappa shape index (κ3) is 5.78. The zero-order valence-corrected chi connectivity index (χ0v) is 14.5. The van der Waals surface area contributed by atoms with E-state index in [0.717, 1.165) is 5.56 Å². The summed E-state index contributed by atoms with van der Waals surface area (Å²) >= 11 is 1.43.